The predicted octanol–water partition coefficient (Wildman–Crippen LogP) is 5.00. The van der Waals surface area contributed by atoms with E-state index in [-0.39, 0.29) is 5.91 Å². The lowest BCUT2D eigenvalue weighted by Crippen LogP contribution is -2.22. The molecule has 1 aliphatic carbocycles. The number of aryl methyl sites for hydroxylation is 2. The third-order valence-corrected chi connectivity index (χ3v) is 6.53. The molecule has 6 nitrogen and oxygen atoms in total. The number of hydrogen-bond donors (Lipinski definition) is 2. The van der Waals surface area contributed by atoms with Crippen LogP contribution in [-0.2, 0) is 11.2 Å². The number of allylic oxidation sites excluding steroid dienone is 1. The first-order chi connectivity index (χ1) is 17.9. The maximum atomic E-state index is 11.5. The largest absolute Gasteiger partial charge is 0.508 e. The number of benzene rings is 2. The van der Waals surface area contributed by atoms with Gasteiger partial charge in [0.25, 0.3) is 0 Å². The van der Waals surface area contributed by atoms with Crippen LogP contribution in [0.2, 0.25) is 0 Å². The molecule has 37 heavy (non-hydrogen) atoms. The van der Waals surface area contributed by atoms with E-state index in [1.165, 1.54) is 32.7 Å². The average Bonchev–Trinajstić information content (AvgIpc) is 3.07. The molecular weight excluding hydrogens is 462 g/mol. The number of rotatable bonds is 9. The van der Waals surface area contributed by atoms with Crippen LogP contribution in [0.5, 0.6) is 11.5 Å². The summed E-state index contributed by atoms with van der Waals surface area (Å²) >= 11 is 0. The van der Waals surface area contributed by atoms with E-state index >= 15 is 0 Å². The van der Waals surface area contributed by atoms with Crippen molar-refractivity contribution in [2.45, 2.75) is 26.2 Å². The van der Waals surface area contributed by atoms with Gasteiger partial charge in [-0.25, -0.2) is 0 Å². The number of carbonyl (C=O) groups excluding carboxylic acids is 1. The third-order valence-electron chi connectivity index (χ3n) is 6.53. The maximum absolute atomic E-state index is 11.5. The van der Waals surface area contributed by atoms with Gasteiger partial charge in [-0.2, -0.15) is 0 Å². The van der Waals surface area contributed by atoms with Crippen LogP contribution in [0.4, 0.5) is 0 Å². The quantitative estimate of drug-likeness (QED) is 0.321. The van der Waals surface area contributed by atoms with Gasteiger partial charge in [-0.3, -0.25) is 9.78 Å². The Morgan fingerprint density at radius 1 is 1.11 bits per heavy atom. The van der Waals surface area contributed by atoms with Crippen LogP contribution in [0, 0.1) is 6.92 Å². The van der Waals surface area contributed by atoms with E-state index in [9.17, 15) is 9.90 Å². The predicted molar refractivity (Wildman–Crippen MR) is 149 cm³/mol. The zero-order valence-corrected chi connectivity index (χ0v) is 21.8. The summed E-state index contributed by atoms with van der Waals surface area (Å²) in [5.74, 6) is 1.09. The summed E-state index contributed by atoms with van der Waals surface area (Å²) in [7, 11) is 3.46. The van der Waals surface area contributed by atoms with E-state index in [0.717, 1.165) is 36.1 Å². The summed E-state index contributed by atoms with van der Waals surface area (Å²) in [5, 5.41) is 13.4. The number of aromatic nitrogens is 1. The van der Waals surface area contributed by atoms with E-state index in [0.29, 0.717) is 25.4 Å². The second-order valence-corrected chi connectivity index (χ2v) is 9.45. The van der Waals surface area contributed by atoms with Gasteiger partial charge in [0.2, 0.25) is 5.91 Å². The summed E-state index contributed by atoms with van der Waals surface area (Å²) < 4.78 is 5.94. The van der Waals surface area contributed by atoms with Crippen molar-refractivity contribution in [1.29, 1.82) is 0 Å². The second kappa shape index (κ2) is 12.4. The van der Waals surface area contributed by atoms with Gasteiger partial charge in [-0.1, -0.05) is 24.3 Å². The molecule has 0 saturated heterocycles. The van der Waals surface area contributed by atoms with Crippen LogP contribution in [0.1, 0.15) is 40.7 Å². The van der Waals surface area contributed by atoms with Crippen molar-refractivity contribution in [2.75, 3.05) is 33.8 Å². The number of pyridine rings is 1. The number of nitrogens with one attached hydrogen (secondary N) is 1. The number of fused-ring (bicyclic) bond motifs is 1. The molecule has 0 saturated carbocycles. The summed E-state index contributed by atoms with van der Waals surface area (Å²) in [6.07, 6.45) is 10.1. The smallest absolute Gasteiger partial charge is 0.245 e. The number of amides is 1. The molecule has 1 aliphatic rings. The molecule has 6 heteroatoms. The van der Waals surface area contributed by atoms with Crippen LogP contribution in [0.3, 0.4) is 0 Å². The van der Waals surface area contributed by atoms with E-state index in [1.54, 1.807) is 26.2 Å². The van der Waals surface area contributed by atoms with Gasteiger partial charge in [0.05, 0.1) is 0 Å². The standard InChI is InChI=1S/C31H35N3O3/c1-22-21-33-17-15-27(22)29-7-4-6-24-20-25(35)11-14-28(24)31(29)23-9-12-26(13-10-23)37-19-18-32-16-5-8-30(36)34(2)3/h5,8-15,17,20-21,32,35H,4,6-7,16,18-19H2,1-3H3/b8-5+. The van der Waals surface area contributed by atoms with Crippen LogP contribution >= 0.6 is 0 Å². The molecule has 192 valence electrons. The number of hydrogen-bond acceptors (Lipinski definition) is 5. The van der Waals surface area contributed by atoms with Gasteiger partial charge in [0, 0.05) is 45.7 Å². The lowest BCUT2D eigenvalue weighted by atomic mass is 9.87. The highest BCUT2D eigenvalue weighted by atomic mass is 16.5. The molecule has 2 aromatic carbocycles. The van der Waals surface area contributed by atoms with Gasteiger partial charge in [-0.15, -0.1) is 0 Å². The number of carbonyl (C=O) groups is 1. The first-order valence-electron chi connectivity index (χ1n) is 12.7. The zero-order chi connectivity index (χ0) is 26.2. The molecule has 0 spiro atoms. The summed E-state index contributed by atoms with van der Waals surface area (Å²) in [6.45, 7) is 3.93. The van der Waals surface area contributed by atoms with Gasteiger partial charge in [0.15, 0.2) is 0 Å². The van der Waals surface area contributed by atoms with Crippen LogP contribution in [0.25, 0.3) is 11.1 Å². The molecule has 1 heterocycles. The Bertz CT molecular complexity index is 1290. The van der Waals surface area contributed by atoms with Crippen molar-refractivity contribution in [2.24, 2.45) is 0 Å². The fourth-order valence-electron chi connectivity index (χ4n) is 4.64. The van der Waals surface area contributed by atoms with E-state index in [4.69, 9.17) is 4.74 Å². The number of phenols is 1. The zero-order valence-electron chi connectivity index (χ0n) is 21.8. The Balaban J connectivity index is 1.51. The molecule has 1 amide bonds. The van der Waals surface area contributed by atoms with Gasteiger partial charge < -0.3 is 20.1 Å². The molecule has 1 aromatic heterocycles. The van der Waals surface area contributed by atoms with Gasteiger partial charge >= 0.3 is 0 Å². The van der Waals surface area contributed by atoms with Crippen molar-refractivity contribution in [3.8, 4) is 11.5 Å². The highest BCUT2D eigenvalue weighted by Gasteiger charge is 2.21. The molecule has 2 N–H and O–H groups in total. The molecule has 0 aliphatic heterocycles. The number of nitrogens with zero attached hydrogens (tertiary/aromatic N) is 2. The molecular formula is C31H35N3O3. The van der Waals surface area contributed by atoms with E-state index in [2.05, 4.69) is 35.4 Å². The van der Waals surface area contributed by atoms with Crippen LogP contribution < -0.4 is 10.1 Å². The van der Waals surface area contributed by atoms with Crippen molar-refractivity contribution in [1.82, 2.24) is 15.2 Å². The molecule has 0 unspecified atom stereocenters. The van der Waals surface area contributed by atoms with E-state index < -0.39 is 0 Å². The summed E-state index contributed by atoms with van der Waals surface area (Å²) in [6, 6.07) is 16.1. The van der Waals surface area contributed by atoms with Crippen LogP contribution in [-0.4, -0.2) is 54.7 Å². The highest BCUT2D eigenvalue weighted by molar-refractivity contribution is 6.00. The number of ether oxygens (including phenoxy) is 1. The Hall–Kier alpha value is -3.90. The minimum Gasteiger partial charge on any atom is -0.508 e. The second-order valence-electron chi connectivity index (χ2n) is 9.45. The fourth-order valence-corrected chi connectivity index (χ4v) is 4.64. The highest BCUT2D eigenvalue weighted by Crippen LogP contribution is 2.41. The van der Waals surface area contributed by atoms with Gasteiger partial charge in [0.1, 0.15) is 18.1 Å². The Labute approximate surface area is 219 Å². The SMILES string of the molecule is Cc1cnccc1C1=C(c2ccc(OCCNC/C=C/C(=O)N(C)C)cc2)c2ccc(O)cc2CCC1. The van der Waals surface area contributed by atoms with Crippen molar-refractivity contribution in [3.05, 3.63) is 101 Å². The number of phenolic OH excluding ortho intramolecular Hbond substituents is 1. The molecule has 4 rings (SSSR count). The van der Waals surface area contributed by atoms with E-state index in [1.807, 2.05) is 42.7 Å². The monoisotopic (exact) mass is 497 g/mol. The Morgan fingerprint density at radius 2 is 1.92 bits per heavy atom. The summed E-state index contributed by atoms with van der Waals surface area (Å²) in [5.41, 5.74) is 8.35. The summed E-state index contributed by atoms with van der Waals surface area (Å²) in [4.78, 5) is 17.4. The van der Waals surface area contributed by atoms with Crippen LogP contribution in [0.15, 0.2) is 73.1 Å². The fraction of sp³-hybridized carbons (Fsp3) is 0.290. The lowest BCUT2D eigenvalue weighted by Gasteiger charge is -2.18. The molecule has 0 fully saturated rings. The minimum absolute atomic E-state index is 0.0244. The molecule has 0 radical (unpaired) electrons. The Kier molecular flexibility index (Phi) is 8.75. The Morgan fingerprint density at radius 3 is 2.68 bits per heavy atom. The van der Waals surface area contributed by atoms with Gasteiger partial charge in [-0.05, 0) is 95.5 Å². The topological polar surface area (TPSA) is 74.7 Å². The first kappa shape index (κ1) is 26.2. The average molecular weight is 498 g/mol. The molecule has 3 aromatic rings. The number of likely N-dealkylation sites (N-methyl/N-ethyl adjacent to an activating group) is 1. The minimum atomic E-state index is -0.0244. The lowest BCUT2D eigenvalue weighted by molar-refractivity contribution is -0.123. The molecule has 0 bridgehead atoms. The maximum Gasteiger partial charge on any atom is 0.245 e. The van der Waals surface area contributed by atoms with Crippen molar-refractivity contribution < 1.29 is 14.6 Å². The third kappa shape index (κ3) is 6.66. The normalized spacial score (nSPS) is 13.4. The molecule has 0 atom stereocenters. The van der Waals surface area contributed by atoms with Crippen molar-refractivity contribution in [3.63, 3.8) is 0 Å². The number of aromatic hydroxyl groups is 1. The van der Waals surface area contributed by atoms with Crippen molar-refractivity contribution >= 4 is 17.1 Å². The first-order valence-corrected chi connectivity index (χ1v) is 12.7.